The number of hydrogen-bond donors (Lipinski definition) is 1. The number of likely N-dealkylation sites (N-methyl/N-ethyl adjacent to an activating group) is 1. The summed E-state index contributed by atoms with van der Waals surface area (Å²) in [7, 11) is 1.80. The molecule has 1 atom stereocenters. The van der Waals surface area contributed by atoms with Crippen molar-refractivity contribution in [2.45, 2.75) is 12.5 Å². The van der Waals surface area contributed by atoms with Gasteiger partial charge >= 0.3 is 0 Å². The highest BCUT2D eigenvalue weighted by atomic mass is 32.1. The van der Waals surface area contributed by atoms with Crippen LogP contribution in [0.25, 0.3) is 10.2 Å². The molecule has 19 heavy (non-hydrogen) atoms. The minimum Gasteiger partial charge on any atom is -0.396 e. The maximum absolute atomic E-state index is 12.5. The van der Waals surface area contributed by atoms with Crippen LogP contribution in [0.1, 0.15) is 16.1 Å². The van der Waals surface area contributed by atoms with Gasteiger partial charge in [-0.15, -0.1) is 11.3 Å². The number of amides is 1. The van der Waals surface area contributed by atoms with Crippen LogP contribution in [0.4, 0.5) is 5.69 Å². The average molecular weight is 277 g/mol. The Balaban J connectivity index is 1.94. The second kappa shape index (κ2) is 4.79. The van der Waals surface area contributed by atoms with Crippen LogP contribution in [0.3, 0.4) is 0 Å². The van der Waals surface area contributed by atoms with Gasteiger partial charge in [-0.2, -0.15) is 0 Å². The van der Waals surface area contributed by atoms with Crippen LogP contribution in [0.2, 0.25) is 0 Å². The van der Waals surface area contributed by atoms with Crippen LogP contribution in [-0.2, 0) is 4.74 Å². The first kappa shape index (κ1) is 12.4. The van der Waals surface area contributed by atoms with Gasteiger partial charge in [-0.05, 0) is 18.6 Å². The number of nitrogen functional groups attached to an aromatic ring is 1. The molecule has 3 heterocycles. The third-order valence-electron chi connectivity index (χ3n) is 3.45. The van der Waals surface area contributed by atoms with Gasteiger partial charge in [0.2, 0.25) is 0 Å². The maximum Gasteiger partial charge on any atom is 0.266 e. The fourth-order valence-corrected chi connectivity index (χ4v) is 3.32. The van der Waals surface area contributed by atoms with E-state index in [2.05, 4.69) is 4.98 Å². The van der Waals surface area contributed by atoms with Crippen molar-refractivity contribution in [3.05, 3.63) is 23.2 Å². The minimum atomic E-state index is -0.0454. The minimum absolute atomic E-state index is 0.0454. The lowest BCUT2D eigenvalue weighted by Gasteiger charge is -2.22. The number of hydrogen-bond acceptors (Lipinski definition) is 5. The first-order chi connectivity index (χ1) is 9.18. The topological polar surface area (TPSA) is 68.5 Å². The van der Waals surface area contributed by atoms with E-state index in [1.54, 1.807) is 18.1 Å². The summed E-state index contributed by atoms with van der Waals surface area (Å²) in [5.74, 6) is -0.0454. The van der Waals surface area contributed by atoms with Crippen molar-refractivity contribution < 1.29 is 9.53 Å². The van der Waals surface area contributed by atoms with Crippen LogP contribution in [0.15, 0.2) is 18.3 Å². The molecule has 2 N–H and O–H groups in total. The molecular weight excluding hydrogens is 262 g/mol. The number of ether oxygens (including phenoxy) is 1. The van der Waals surface area contributed by atoms with Gasteiger partial charge in [-0.1, -0.05) is 0 Å². The summed E-state index contributed by atoms with van der Waals surface area (Å²) in [5, 5.41) is 0. The fourth-order valence-electron chi connectivity index (χ4n) is 2.26. The van der Waals surface area contributed by atoms with E-state index < -0.39 is 0 Å². The summed E-state index contributed by atoms with van der Waals surface area (Å²) < 4.78 is 6.26. The lowest BCUT2D eigenvalue weighted by molar-refractivity contribution is 0.0717. The van der Waals surface area contributed by atoms with Gasteiger partial charge in [-0.3, -0.25) is 9.78 Å². The molecule has 3 rings (SSSR count). The number of pyridine rings is 1. The zero-order valence-electron chi connectivity index (χ0n) is 10.6. The first-order valence-electron chi connectivity index (χ1n) is 6.16. The number of thiophene rings is 1. The molecule has 0 spiro atoms. The molecule has 5 nitrogen and oxygen atoms in total. The molecule has 1 saturated heterocycles. The Morgan fingerprint density at radius 2 is 2.47 bits per heavy atom. The molecule has 0 aliphatic carbocycles. The number of fused-ring (bicyclic) bond motifs is 1. The summed E-state index contributed by atoms with van der Waals surface area (Å²) in [6.07, 6.45) is 2.57. The number of anilines is 1. The number of nitrogens with zero attached hydrogens (tertiary/aromatic N) is 2. The summed E-state index contributed by atoms with van der Waals surface area (Å²) in [5.41, 5.74) is 7.24. The van der Waals surface area contributed by atoms with Crippen LogP contribution in [0.5, 0.6) is 0 Å². The van der Waals surface area contributed by atoms with Crippen molar-refractivity contribution in [2.75, 3.05) is 26.0 Å². The standard InChI is InChI=1S/C13H15N3O2S/c1-16(8-4-6-18-7-8)13(17)12-10(14)11-9(19-12)3-2-5-15-11/h2-3,5,8H,4,6-7,14H2,1H3. The number of carbonyl (C=O) groups excluding carboxylic acids is 1. The third kappa shape index (κ3) is 2.06. The summed E-state index contributed by atoms with van der Waals surface area (Å²) in [6.45, 7) is 1.32. The Morgan fingerprint density at radius 1 is 1.63 bits per heavy atom. The molecule has 6 heteroatoms. The Morgan fingerprint density at radius 3 is 3.16 bits per heavy atom. The molecule has 1 aliphatic rings. The molecule has 1 aliphatic heterocycles. The Bertz CT molecular complexity index is 619. The summed E-state index contributed by atoms with van der Waals surface area (Å²) in [4.78, 5) is 19.0. The highest BCUT2D eigenvalue weighted by Gasteiger charge is 2.27. The lowest BCUT2D eigenvalue weighted by Crippen LogP contribution is -2.37. The van der Waals surface area contributed by atoms with E-state index in [0.717, 1.165) is 11.1 Å². The highest BCUT2D eigenvalue weighted by Crippen LogP contribution is 2.33. The molecule has 2 aromatic heterocycles. The van der Waals surface area contributed by atoms with Crippen molar-refractivity contribution in [3.63, 3.8) is 0 Å². The molecule has 0 aromatic carbocycles. The summed E-state index contributed by atoms with van der Waals surface area (Å²) >= 11 is 1.40. The average Bonchev–Trinajstić information content (AvgIpc) is 3.06. The zero-order chi connectivity index (χ0) is 13.4. The van der Waals surface area contributed by atoms with E-state index in [4.69, 9.17) is 10.5 Å². The largest absolute Gasteiger partial charge is 0.396 e. The van der Waals surface area contributed by atoms with E-state index in [0.29, 0.717) is 29.3 Å². The highest BCUT2D eigenvalue weighted by molar-refractivity contribution is 7.21. The molecule has 100 valence electrons. The molecule has 0 saturated carbocycles. The molecule has 1 fully saturated rings. The van der Waals surface area contributed by atoms with E-state index in [-0.39, 0.29) is 11.9 Å². The van der Waals surface area contributed by atoms with Crippen LogP contribution >= 0.6 is 11.3 Å². The number of carbonyl (C=O) groups is 1. The Kier molecular flexibility index (Phi) is 3.12. The molecular formula is C13H15N3O2S. The van der Waals surface area contributed by atoms with Gasteiger partial charge in [0.25, 0.3) is 5.91 Å². The van der Waals surface area contributed by atoms with Gasteiger partial charge < -0.3 is 15.4 Å². The van der Waals surface area contributed by atoms with E-state index >= 15 is 0 Å². The van der Waals surface area contributed by atoms with Crippen molar-refractivity contribution in [3.8, 4) is 0 Å². The Hall–Kier alpha value is -1.66. The van der Waals surface area contributed by atoms with Gasteiger partial charge in [0.1, 0.15) is 10.4 Å². The van der Waals surface area contributed by atoms with Crippen LogP contribution < -0.4 is 5.73 Å². The fraction of sp³-hybridized carbons (Fsp3) is 0.385. The van der Waals surface area contributed by atoms with Gasteiger partial charge in [0.05, 0.1) is 23.0 Å². The summed E-state index contributed by atoms with van der Waals surface area (Å²) in [6, 6.07) is 3.92. The van der Waals surface area contributed by atoms with Crippen molar-refractivity contribution in [1.82, 2.24) is 9.88 Å². The molecule has 2 aromatic rings. The van der Waals surface area contributed by atoms with Gasteiger partial charge in [-0.25, -0.2) is 0 Å². The predicted molar refractivity (Wildman–Crippen MR) is 75.3 cm³/mol. The molecule has 1 amide bonds. The van der Waals surface area contributed by atoms with Gasteiger partial charge in [0, 0.05) is 19.9 Å². The maximum atomic E-state index is 12.5. The second-order valence-corrected chi connectivity index (χ2v) is 5.68. The molecule has 0 bridgehead atoms. The number of rotatable bonds is 2. The normalized spacial score (nSPS) is 18.9. The SMILES string of the molecule is CN(C(=O)c1sc2cccnc2c1N)C1CCOC1. The van der Waals surface area contributed by atoms with Crippen molar-refractivity contribution >= 4 is 33.1 Å². The van der Waals surface area contributed by atoms with Crippen molar-refractivity contribution in [1.29, 1.82) is 0 Å². The van der Waals surface area contributed by atoms with Crippen LogP contribution in [-0.4, -0.2) is 42.1 Å². The quantitative estimate of drug-likeness (QED) is 0.908. The second-order valence-electron chi connectivity index (χ2n) is 4.63. The Labute approximate surface area is 115 Å². The van der Waals surface area contributed by atoms with Gasteiger partial charge in [0.15, 0.2) is 0 Å². The zero-order valence-corrected chi connectivity index (χ0v) is 11.4. The molecule has 1 unspecified atom stereocenters. The first-order valence-corrected chi connectivity index (χ1v) is 6.98. The third-order valence-corrected chi connectivity index (χ3v) is 4.60. The smallest absolute Gasteiger partial charge is 0.266 e. The van der Waals surface area contributed by atoms with Crippen molar-refractivity contribution in [2.24, 2.45) is 0 Å². The lowest BCUT2D eigenvalue weighted by atomic mass is 10.2. The van der Waals surface area contributed by atoms with E-state index in [1.807, 2.05) is 12.1 Å². The van der Waals surface area contributed by atoms with Crippen LogP contribution in [0, 0.1) is 0 Å². The number of aromatic nitrogens is 1. The number of nitrogens with two attached hydrogens (primary N) is 1. The molecule has 0 radical (unpaired) electrons. The van der Waals surface area contributed by atoms with E-state index in [1.165, 1.54) is 11.3 Å². The monoisotopic (exact) mass is 277 g/mol. The predicted octanol–water partition coefficient (Wildman–Crippen LogP) is 1.74. The van der Waals surface area contributed by atoms with E-state index in [9.17, 15) is 4.79 Å².